The smallest absolute Gasteiger partial charge is 0.318 e. The first kappa shape index (κ1) is 12.3. The Morgan fingerprint density at radius 2 is 2.06 bits per heavy atom. The van der Waals surface area contributed by atoms with Gasteiger partial charge in [-0.05, 0) is 22.0 Å². The van der Waals surface area contributed by atoms with Crippen molar-refractivity contribution in [2.45, 2.75) is 0 Å². The molecule has 7 heteroatoms. The molecule has 0 N–H and O–H groups in total. The Balaban J connectivity index is 2.34. The van der Waals surface area contributed by atoms with Crippen molar-refractivity contribution in [2.75, 3.05) is 31.2 Å². The lowest BCUT2D eigenvalue weighted by atomic mass is 10.2. The highest BCUT2D eigenvalue weighted by molar-refractivity contribution is 9.10. The summed E-state index contributed by atoms with van der Waals surface area (Å²) >= 11 is 3.03. The molecule has 0 saturated carbocycles. The summed E-state index contributed by atoms with van der Waals surface area (Å²) in [5.41, 5.74) is 0.102. The highest BCUT2D eigenvalue weighted by Gasteiger charge is 2.22. The van der Waals surface area contributed by atoms with Crippen LogP contribution in [0.25, 0.3) is 0 Å². The minimum Gasteiger partial charge on any atom is -0.378 e. The standard InChI is InChI=1S/C10H10BrFN2O3/c11-8-5-7(13-1-3-17-4-2-13)6-9(12)10(8)14(15)16/h5-6H,1-4H2. The maximum absolute atomic E-state index is 13.6. The predicted octanol–water partition coefficient (Wildman–Crippen LogP) is 2.33. The van der Waals surface area contributed by atoms with E-state index in [0.29, 0.717) is 32.0 Å². The molecule has 1 heterocycles. The summed E-state index contributed by atoms with van der Waals surface area (Å²) in [5.74, 6) is -0.828. The van der Waals surface area contributed by atoms with E-state index in [2.05, 4.69) is 15.9 Å². The van der Waals surface area contributed by atoms with Crippen LogP contribution >= 0.6 is 15.9 Å². The van der Waals surface area contributed by atoms with E-state index in [1.165, 1.54) is 6.07 Å². The number of anilines is 1. The van der Waals surface area contributed by atoms with Gasteiger partial charge in [-0.3, -0.25) is 10.1 Å². The third kappa shape index (κ3) is 2.55. The molecule has 5 nitrogen and oxygen atoms in total. The first-order valence-corrected chi connectivity index (χ1v) is 5.85. The number of nitro groups is 1. The van der Waals surface area contributed by atoms with Crippen molar-refractivity contribution in [1.82, 2.24) is 0 Å². The first-order valence-electron chi connectivity index (χ1n) is 5.05. The molecule has 0 aliphatic carbocycles. The molecule has 2 rings (SSSR count). The minimum absolute atomic E-state index is 0.156. The Morgan fingerprint density at radius 3 is 2.59 bits per heavy atom. The average Bonchev–Trinajstić information content (AvgIpc) is 2.28. The largest absolute Gasteiger partial charge is 0.378 e. The summed E-state index contributed by atoms with van der Waals surface area (Å²) in [4.78, 5) is 11.8. The third-order valence-corrected chi connectivity index (χ3v) is 3.16. The molecule has 0 bridgehead atoms. The molecule has 0 spiro atoms. The van der Waals surface area contributed by atoms with Gasteiger partial charge in [-0.25, -0.2) is 0 Å². The van der Waals surface area contributed by atoms with Crippen molar-refractivity contribution in [3.05, 3.63) is 32.5 Å². The van der Waals surface area contributed by atoms with Crippen LogP contribution in [0.15, 0.2) is 16.6 Å². The Labute approximate surface area is 105 Å². The molecule has 1 fully saturated rings. The van der Waals surface area contributed by atoms with Gasteiger partial charge < -0.3 is 9.64 Å². The molecule has 0 atom stereocenters. The van der Waals surface area contributed by atoms with E-state index in [1.807, 2.05) is 4.90 Å². The number of hydrogen-bond acceptors (Lipinski definition) is 4. The minimum atomic E-state index is -0.828. The lowest BCUT2D eigenvalue weighted by molar-refractivity contribution is -0.388. The van der Waals surface area contributed by atoms with Gasteiger partial charge in [0, 0.05) is 24.8 Å². The number of halogens is 2. The van der Waals surface area contributed by atoms with E-state index in [1.54, 1.807) is 6.07 Å². The quantitative estimate of drug-likeness (QED) is 0.621. The van der Waals surface area contributed by atoms with Crippen LogP contribution < -0.4 is 4.90 Å². The van der Waals surface area contributed by atoms with E-state index in [9.17, 15) is 14.5 Å². The van der Waals surface area contributed by atoms with Gasteiger partial charge in [0.15, 0.2) is 0 Å². The molecule has 1 saturated heterocycles. The Kier molecular flexibility index (Phi) is 3.58. The van der Waals surface area contributed by atoms with Crippen LogP contribution in [-0.2, 0) is 4.74 Å². The SMILES string of the molecule is O=[N+]([O-])c1c(F)cc(N2CCOCC2)cc1Br. The summed E-state index contributed by atoms with van der Waals surface area (Å²) in [7, 11) is 0. The zero-order chi connectivity index (χ0) is 12.4. The van der Waals surface area contributed by atoms with E-state index in [0.717, 1.165) is 0 Å². The number of benzene rings is 1. The van der Waals surface area contributed by atoms with E-state index in [4.69, 9.17) is 4.74 Å². The number of nitro benzene ring substituents is 1. The maximum Gasteiger partial charge on any atom is 0.318 e. The van der Waals surface area contributed by atoms with Crippen molar-refractivity contribution in [1.29, 1.82) is 0 Å². The highest BCUT2D eigenvalue weighted by Crippen LogP contribution is 2.32. The summed E-state index contributed by atoms with van der Waals surface area (Å²) in [5, 5.41) is 10.6. The lowest BCUT2D eigenvalue weighted by Crippen LogP contribution is -2.36. The molecule has 1 aliphatic rings. The molecular formula is C10H10BrFN2O3. The van der Waals surface area contributed by atoms with Crippen molar-refractivity contribution in [3.8, 4) is 0 Å². The Morgan fingerprint density at radius 1 is 1.41 bits per heavy atom. The second kappa shape index (κ2) is 4.97. The third-order valence-electron chi connectivity index (χ3n) is 2.56. The second-order valence-electron chi connectivity index (χ2n) is 3.61. The van der Waals surface area contributed by atoms with Crippen LogP contribution in [0.4, 0.5) is 15.8 Å². The molecule has 1 aliphatic heterocycles. The van der Waals surface area contributed by atoms with Crippen LogP contribution in [0.5, 0.6) is 0 Å². The van der Waals surface area contributed by atoms with Gasteiger partial charge in [0.05, 0.1) is 18.1 Å². The topological polar surface area (TPSA) is 55.6 Å². The van der Waals surface area contributed by atoms with Crippen LogP contribution in [-0.4, -0.2) is 31.2 Å². The zero-order valence-electron chi connectivity index (χ0n) is 8.86. The fraction of sp³-hybridized carbons (Fsp3) is 0.400. The van der Waals surface area contributed by atoms with Crippen molar-refractivity contribution in [2.24, 2.45) is 0 Å². The Hall–Kier alpha value is -1.21. The van der Waals surface area contributed by atoms with Gasteiger partial charge in [0.2, 0.25) is 5.82 Å². The molecule has 0 unspecified atom stereocenters. The zero-order valence-corrected chi connectivity index (χ0v) is 10.4. The van der Waals surface area contributed by atoms with Gasteiger partial charge in [0.25, 0.3) is 0 Å². The van der Waals surface area contributed by atoms with Crippen molar-refractivity contribution in [3.63, 3.8) is 0 Å². The molecule has 17 heavy (non-hydrogen) atoms. The fourth-order valence-electron chi connectivity index (χ4n) is 1.73. The average molecular weight is 305 g/mol. The number of rotatable bonds is 2. The monoisotopic (exact) mass is 304 g/mol. The Bertz CT molecular complexity index is 426. The van der Waals surface area contributed by atoms with Crippen LogP contribution in [0.2, 0.25) is 0 Å². The van der Waals surface area contributed by atoms with Crippen molar-refractivity contribution >= 4 is 27.3 Å². The molecule has 1 aromatic rings. The summed E-state index contributed by atoms with van der Waals surface area (Å²) < 4.78 is 18.9. The summed E-state index contributed by atoms with van der Waals surface area (Å²) in [6, 6.07) is 2.75. The highest BCUT2D eigenvalue weighted by atomic mass is 79.9. The number of ether oxygens (including phenoxy) is 1. The summed E-state index contributed by atoms with van der Waals surface area (Å²) in [6.45, 7) is 2.47. The van der Waals surface area contributed by atoms with Crippen LogP contribution in [0.1, 0.15) is 0 Å². The van der Waals surface area contributed by atoms with E-state index in [-0.39, 0.29) is 4.47 Å². The fourth-order valence-corrected chi connectivity index (χ4v) is 2.30. The number of morpholine rings is 1. The summed E-state index contributed by atoms with van der Waals surface area (Å²) in [6.07, 6.45) is 0. The second-order valence-corrected chi connectivity index (χ2v) is 4.47. The molecule has 0 aromatic heterocycles. The van der Waals surface area contributed by atoms with Gasteiger partial charge >= 0.3 is 5.69 Å². The van der Waals surface area contributed by atoms with E-state index < -0.39 is 16.4 Å². The number of hydrogen-bond donors (Lipinski definition) is 0. The van der Waals surface area contributed by atoms with Gasteiger partial charge in [-0.1, -0.05) is 0 Å². The normalized spacial score (nSPS) is 16.0. The van der Waals surface area contributed by atoms with Crippen molar-refractivity contribution < 1.29 is 14.1 Å². The molecular weight excluding hydrogens is 295 g/mol. The molecule has 0 amide bonds. The molecule has 92 valence electrons. The van der Waals surface area contributed by atoms with E-state index >= 15 is 0 Å². The van der Waals surface area contributed by atoms with Gasteiger partial charge in [-0.2, -0.15) is 4.39 Å². The maximum atomic E-state index is 13.6. The van der Waals surface area contributed by atoms with Crippen LogP contribution in [0, 0.1) is 15.9 Å². The number of nitrogens with zero attached hydrogens (tertiary/aromatic N) is 2. The molecule has 0 radical (unpaired) electrons. The van der Waals surface area contributed by atoms with Gasteiger partial charge in [0.1, 0.15) is 4.47 Å². The van der Waals surface area contributed by atoms with Gasteiger partial charge in [-0.15, -0.1) is 0 Å². The lowest BCUT2D eigenvalue weighted by Gasteiger charge is -2.28. The predicted molar refractivity (Wildman–Crippen MR) is 63.8 cm³/mol. The molecule has 1 aromatic carbocycles. The first-order chi connectivity index (χ1) is 8.09. The van der Waals surface area contributed by atoms with Crippen LogP contribution in [0.3, 0.4) is 0 Å².